The average molecular weight is 610 g/mol. The summed E-state index contributed by atoms with van der Waals surface area (Å²) < 4.78 is 35.5. The summed E-state index contributed by atoms with van der Waals surface area (Å²) in [5.41, 5.74) is 1.27. The number of aliphatic carboxylic acids is 1. The van der Waals surface area contributed by atoms with Crippen molar-refractivity contribution in [3.05, 3.63) is 87.5 Å². The molecule has 0 aromatic heterocycles. The number of allylic oxidation sites excluding steroid dienone is 2. The molecule has 1 heterocycles. The highest BCUT2D eigenvalue weighted by atomic mass is 16.7. The van der Waals surface area contributed by atoms with Crippen molar-refractivity contribution in [1.82, 2.24) is 0 Å². The normalized spacial score (nSPS) is 18.1. The number of nitro groups is 1. The second-order valence-electron chi connectivity index (χ2n) is 10.1. The van der Waals surface area contributed by atoms with Gasteiger partial charge >= 0.3 is 5.97 Å². The zero-order valence-electron chi connectivity index (χ0n) is 24.8. The Morgan fingerprint density at radius 1 is 0.977 bits per heavy atom. The molecule has 0 saturated carbocycles. The molecule has 0 radical (unpaired) electrons. The van der Waals surface area contributed by atoms with Crippen LogP contribution in [0.5, 0.6) is 34.5 Å². The number of phenols is 1. The monoisotopic (exact) mass is 609 g/mol. The third-order valence-electron chi connectivity index (χ3n) is 7.20. The summed E-state index contributed by atoms with van der Waals surface area (Å²) in [4.78, 5) is 21.9. The largest absolute Gasteiger partial charge is 0.508 e. The number of rotatable bonds is 13. The number of methoxy groups -OCH3 is 3. The molecule has 12 nitrogen and oxygen atoms in total. The first kappa shape index (κ1) is 32.1. The van der Waals surface area contributed by atoms with Gasteiger partial charge in [0.2, 0.25) is 0 Å². The fraction of sp³-hybridized carbons (Fsp3) is 0.344. The van der Waals surface area contributed by atoms with Gasteiger partial charge in [0.25, 0.3) is 5.69 Å². The molecule has 0 aliphatic carbocycles. The van der Waals surface area contributed by atoms with Crippen molar-refractivity contribution in [1.29, 1.82) is 0 Å². The molecule has 3 atom stereocenters. The SMILES string of the molecule is COc1cc(Oc2cc(C)c([N+](=O)[O-])cc2OC)c(C2OCC(CC=CCCC(=O)O)C(c3ccccc3O)O2)cc1OC. The minimum atomic E-state index is -0.980. The number of carboxylic acids is 1. The van der Waals surface area contributed by atoms with Gasteiger partial charge in [-0.3, -0.25) is 14.9 Å². The number of aromatic hydroxyl groups is 1. The van der Waals surface area contributed by atoms with Gasteiger partial charge in [0, 0.05) is 29.5 Å². The van der Waals surface area contributed by atoms with Crippen molar-refractivity contribution >= 4 is 11.7 Å². The average Bonchev–Trinajstić information content (AvgIpc) is 3.01. The minimum Gasteiger partial charge on any atom is -0.508 e. The highest BCUT2D eigenvalue weighted by molar-refractivity contribution is 5.66. The summed E-state index contributed by atoms with van der Waals surface area (Å²) in [5.74, 6) is 0.371. The summed E-state index contributed by atoms with van der Waals surface area (Å²) in [5, 5.41) is 31.1. The van der Waals surface area contributed by atoms with Gasteiger partial charge in [0.15, 0.2) is 29.3 Å². The molecule has 234 valence electrons. The van der Waals surface area contributed by atoms with Crippen molar-refractivity contribution in [2.45, 2.75) is 38.6 Å². The van der Waals surface area contributed by atoms with E-state index >= 15 is 0 Å². The Labute approximate surface area is 254 Å². The Bertz CT molecular complexity index is 1520. The highest BCUT2D eigenvalue weighted by Gasteiger charge is 2.36. The smallest absolute Gasteiger partial charge is 0.303 e. The molecule has 4 rings (SSSR count). The van der Waals surface area contributed by atoms with Crippen molar-refractivity contribution in [2.75, 3.05) is 27.9 Å². The molecule has 12 heteroatoms. The number of hydrogen-bond donors (Lipinski definition) is 2. The fourth-order valence-electron chi connectivity index (χ4n) is 4.94. The molecule has 3 aromatic rings. The van der Waals surface area contributed by atoms with E-state index in [4.69, 9.17) is 33.5 Å². The zero-order valence-corrected chi connectivity index (χ0v) is 24.8. The van der Waals surface area contributed by atoms with Crippen LogP contribution in [0.4, 0.5) is 5.69 Å². The summed E-state index contributed by atoms with van der Waals surface area (Å²) in [6.45, 7) is 1.83. The van der Waals surface area contributed by atoms with E-state index in [1.165, 1.54) is 33.5 Å². The number of phenolic OH excluding ortho intramolecular Hbond substituents is 1. The molecule has 3 aromatic carbocycles. The van der Waals surface area contributed by atoms with Crippen LogP contribution in [0.2, 0.25) is 0 Å². The molecule has 2 N–H and O–H groups in total. The number of benzene rings is 3. The van der Waals surface area contributed by atoms with Gasteiger partial charge < -0.3 is 38.6 Å². The van der Waals surface area contributed by atoms with Crippen LogP contribution in [-0.4, -0.2) is 49.0 Å². The lowest BCUT2D eigenvalue weighted by atomic mass is 9.91. The van der Waals surface area contributed by atoms with Crippen molar-refractivity contribution in [2.24, 2.45) is 5.92 Å². The van der Waals surface area contributed by atoms with E-state index in [9.17, 15) is 20.0 Å². The first-order valence-electron chi connectivity index (χ1n) is 13.8. The maximum atomic E-state index is 11.5. The number of nitrogens with zero attached hydrogens (tertiary/aromatic N) is 1. The van der Waals surface area contributed by atoms with Gasteiger partial charge in [0.05, 0.1) is 50.6 Å². The molecule has 0 amide bonds. The van der Waals surface area contributed by atoms with Crippen molar-refractivity contribution in [3.63, 3.8) is 0 Å². The second-order valence-corrected chi connectivity index (χ2v) is 10.1. The Morgan fingerprint density at radius 3 is 2.32 bits per heavy atom. The minimum absolute atomic E-state index is 0.0281. The van der Waals surface area contributed by atoms with Crippen LogP contribution >= 0.6 is 0 Å². The maximum Gasteiger partial charge on any atom is 0.303 e. The van der Waals surface area contributed by atoms with Gasteiger partial charge in [-0.1, -0.05) is 30.4 Å². The van der Waals surface area contributed by atoms with Crippen LogP contribution in [0.15, 0.2) is 60.7 Å². The van der Waals surface area contributed by atoms with E-state index < -0.39 is 23.3 Å². The standard InChI is InChI=1S/C32H35NO11/c1-19-14-29(27(40-3)16-23(19)33(37)38)43-25-17-28(41-4)26(39-2)15-22(25)32-42-18-20(10-6-5-7-13-30(35)36)31(44-32)21-11-8-9-12-24(21)34/h5-6,8-9,11-12,14-17,20,31-32,34H,7,10,13,18H2,1-4H3,(H,35,36). The second kappa shape index (κ2) is 14.6. The Morgan fingerprint density at radius 2 is 1.66 bits per heavy atom. The lowest BCUT2D eigenvalue weighted by molar-refractivity contribution is -0.385. The first-order chi connectivity index (χ1) is 21.2. The molecule has 3 unspecified atom stereocenters. The summed E-state index contributed by atoms with van der Waals surface area (Å²) in [6.07, 6.45) is 3.05. The van der Waals surface area contributed by atoms with E-state index in [2.05, 4.69) is 0 Å². The number of nitro benzene ring substituents is 1. The van der Waals surface area contributed by atoms with Crippen LogP contribution in [0.1, 0.15) is 48.3 Å². The fourth-order valence-corrected chi connectivity index (χ4v) is 4.94. The summed E-state index contributed by atoms with van der Waals surface area (Å²) in [7, 11) is 4.36. The lowest BCUT2D eigenvalue weighted by Crippen LogP contribution is -2.30. The van der Waals surface area contributed by atoms with E-state index in [-0.39, 0.29) is 47.6 Å². The number of aryl methyl sites for hydroxylation is 1. The van der Waals surface area contributed by atoms with Crippen molar-refractivity contribution < 1.29 is 48.4 Å². The molecule has 1 aliphatic heterocycles. The van der Waals surface area contributed by atoms with Gasteiger partial charge in [-0.25, -0.2) is 0 Å². The maximum absolute atomic E-state index is 11.5. The van der Waals surface area contributed by atoms with Gasteiger partial charge in [-0.05, 0) is 38.0 Å². The van der Waals surface area contributed by atoms with Crippen LogP contribution in [0.25, 0.3) is 0 Å². The predicted molar refractivity (Wildman–Crippen MR) is 159 cm³/mol. The molecule has 1 fully saturated rings. The van der Waals surface area contributed by atoms with Crippen molar-refractivity contribution in [3.8, 4) is 34.5 Å². The van der Waals surface area contributed by atoms with Crippen LogP contribution in [0.3, 0.4) is 0 Å². The highest BCUT2D eigenvalue weighted by Crippen LogP contribution is 2.48. The van der Waals surface area contributed by atoms with Gasteiger partial charge in [-0.15, -0.1) is 0 Å². The third-order valence-corrected chi connectivity index (χ3v) is 7.20. The zero-order chi connectivity index (χ0) is 31.8. The Hall–Kier alpha value is -4.81. The van der Waals surface area contributed by atoms with E-state index in [1.807, 2.05) is 12.2 Å². The third kappa shape index (κ3) is 7.39. The topological polar surface area (TPSA) is 156 Å². The van der Waals surface area contributed by atoms with Crippen LogP contribution < -0.4 is 18.9 Å². The van der Waals surface area contributed by atoms with Gasteiger partial charge in [-0.2, -0.15) is 0 Å². The molecule has 0 spiro atoms. The Balaban J connectivity index is 1.72. The van der Waals surface area contributed by atoms with E-state index in [1.54, 1.807) is 43.3 Å². The molecule has 44 heavy (non-hydrogen) atoms. The molecular formula is C32H35NO11. The Kier molecular flexibility index (Phi) is 10.6. The molecule has 0 bridgehead atoms. The van der Waals surface area contributed by atoms with Crippen LogP contribution in [0, 0.1) is 23.0 Å². The van der Waals surface area contributed by atoms with E-state index in [0.29, 0.717) is 41.0 Å². The quantitative estimate of drug-likeness (QED) is 0.122. The predicted octanol–water partition coefficient (Wildman–Crippen LogP) is 6.64. The van der Waals surface area contributed by atoms with Gasteiger partial charge in [0.1, 0.15) is 11.5 Å². The molecule has 1 saturated heterocycles. The van der Waals surface area contributed by atoms with E-state index in [0.717, 1.165) is 0 Å². The lowest BCUT2D eigenvalue weighted by Gasteiger charge is -2.37. The summed E-state index contributed by atoms with van der Waals surface area (Å²) in [6, 6.07) is 12.9. The molecular weight excluding hydrogens is 574 g/mol. The number of para-hydroxylation sites is 1. The number of hydrogen-bond acceptors (Lipinski definition) is 10. The first-order valence-corrected chi connectivity index (χ1v) is 13.8. The number of carbonyl (C=O) groups is 1. The number of ether oxygens (including phenoxy) is 6. The summed E-state index contributed by atoms with van der Waals surface area (Å²) >= 11 is 0. The number of carboxylic acid groups (broad SMARTS) is 1. The molecule has 1 aliphatic rings. The van der Waals surface area contributed by atoms with Crippen LogP contribution in [-0.2, 0) is 14.3 Å².